The van der Waals surface area contributed by atoms with Gasteiger partial charge in [0.15, 0.2) is 0 Å². The van der Waals surface area contributed by atoms with Crippen molar-refractivity contribution in [1.29, 1.82) is 0 Å². The molecule has 0 amide bonds. The van der Waals surface area contributed by atoms with Crippen LogP contribution in [0.15, 0.2) is 0 Å². The molecular formula is C19H44N6O3. The lowest BCUT2D eigenvalue weighted by Gasteiger charge is -2.13. The van der Waals surface area contributed by atoms with Crippen LogP contribution in [0, 0.1) is 0 Å². The van der Waals surface area contributed by atoms with Crippen LogP contribution < -0.4 is 26.6 Å². The van der Waals surface area contributed by atoms with E-state index in [1.54, 1.807) is 0 Å². The van der Waals surface area contributed by atoms with Gasteiger partial charge in [-0.25, -0.2) is 0 Å². The molecule has 0 aromatic rings. The molecule has 168 valence electrons. The van der Waals surface area contributed by atoms with Crippen molar-refractivity contribution < 1.29 is 14.2 Å². The molecule has 5 N–H and O–H groups in total. The van der Waals surface area contributed by atoms with Gasteiger partial charge in [-0.1, -0.05) is 0 Å². The van der Waals surface area contributed by atoms with E-state index >= 15 is 0 Å². The van der Waals surface area contributed by atoms with E-state index in [0.29, 0.717) is 0 Å². The molecule has 0 aromatic heterocycles. The molecule has 2 aliphatic rings. The Balaban J connectivity index is 0.000000330. The smallest absolute Gasteiger partial charge is 0.0591 e. The molecule has 0 saturated carbocycles. The maximum Gasteiger partial charge on any atom is 0.0591 e. The van der Waals surface area contributed by atoms with Crippen LogP contribution in [0.4, 0.5) is 0 Å². The van der Waals surface area contributed by atoms with Gasteiger partial charge in [-0.3, -0.25) is 0 Å². The molecule has 9 nitrogen and oxygen atoms in total. The molecular weight excluding hydrogens is 360 g/mol. The Morgan fingerprint density at radius 3 is 1.04 bits per heavy atom. The molecule has 0 radical (unpaired) electrons. The van der Waals surface area contributed by atoms with Crippen LogP contribution in [0.3, 0.4) is 0 Å². The molecule has 0 aliphatic carbocycles. The second-order valence-electron chi connectivity index (χ2n) is 6.89. The Hall–Kier alpha value is -0.360. The minimum atomic E-state index is 0.750. The molecule has 2 heterocycles. The Labute approximate surface area is 171 Å². The van der Waals surface area contributed by atoms with E-state index in [-0.39, 0.29) is 0 Å². The van der Waals surface area contributed by atoms with Crippen molar-refractivity contribution in [1.82, 2.24) is 31.5 Å². The number of hydrogen-bond acceptors (Lipinski definition) is 9. The first-order valence-corrected chi connectivity index (χ1v) is 10.8. The van der Waals surface area contributed by atoms with Crippen LogP contribution >= 0.6 is 0 Å². The second-order valence-corrected chi connectivity index (χ2v) is 6.89. The summed E-state index contributed by atoms with van der Waals surface area (Å²) in [4.78, 5) is 2.34. The second kappa shape index (κ2) is 21.4. The fourth-order valence-electron chi connectivity index (χ4n) is 2.63. The predicted molar refractivity (Wildman–Crippen MR) is 114 cm³/mol. The van der Waals surface area contributed by atoms with E-state index in [0.717, 1.165) is 105 Å². The first-order chi connectivity index (χ1) is 13.9. The zero-order valence-electron chi connectivity index (χ0n) is 17.9. The third-order valence-electron chi connectivity index (χ3n) is 4.36. The summed E-state index contributed by atoms with van der Waals surface area (Å²) in [7, 11) is 2.16. The van der Waals surface area contributed by atoms with Gasteiger partial charge >= 0.3 is 0 Å². The number of likely N-dealkylation sites (N-methyl/N-ethyl adjacent to an activating group) is 1. The third-order valence-corrected chi connectivity index (χ3v) is 4.36. The van der Waals surface area contributed by atoms with Crippen LogP contribution in [-0.4, -0.2) is 130 Å². The van der Waals surface area contributed by atoms with Crippen LogP contribution in [0.5, 0.6) is 0 Å². The zero-order chi connectivity index (χ0) is 20.0. The Morgan fingerprint density at radius 2 is 0.714 bits per heavy atom. The highest BCUT2D eigenvalue weighted by molar-refractivity contribution is 4.61. The molecule has 2 saturated heterocycles. The number of hydrogen-bond donors (Lipinski definition) is 5. The number of nitrogens with one attached hydrogen (secondary N) is 5. The van der Waals surface area contributed by atoms with Crippen molar-refractivity contribution in [3.63, 3.8) is 0 Å². The van der Waals surface area contributed by atoms with Crippen molar-refractivity contribution in [2.75, 3.05) is 125 Å². The topological polar surface area (TPSA) is 91.1 Å². The van der Waals surface area contributed by atoms with Crippen molar-refractivity contribution in [2.24, 2.45) is 0 Å². The van der Waals surface area contributed by atoms with Gasteiger partial charge in [0.1, 0.15) is 0 Å². The molecule has 0 atom stereocenters. The van der Waals surface area contributed by atoms with Crippen molar-refractivity contribution >= 4 is 0 Å². The highest BCUT2D eigenvalue weighted by Gasteiger charge is 1.99. The van der Waals surface area contributed by atoms with Crippen molar-refractivity contribution in [3.8, 4) is 0 Å². The molecule has 9 heteroatoms. The van der Waals surface area contributed by atoms with E-state index in [9.17, 15) is 0 Å². The highest BCUT2D eigenvalue weighted by Crippen LogP contribution is 1.80. The molecule has 0 unspecified atom stereocenters. The molecule has 0 spiro atoms. The largest absolute Gasteiger partial charge is 0.379 e. The number of rotatable bonds is 0. The maximum absolute atomic E-state index is 5.46. The summed E-state index contributed by atoms with van der Waals surface area (Å²) in [6.45, 7) is 16.6. The summed E-state index contributed by atoms with van der Waals surface area (Å²) < 4.78 is 16.4. The van der Waals surface area contributed by atoms with Gasteiger partial charge in [0.05, 0.1) is 39.6 Å². The van der Waals surface area contributed by atoms with E-state index in [2.05, 4.69) is 38.5 Å². The quantitative estimate of drug-likeness (QED) is 0.312. The lowest BCUT2D eigenvalue weighted by molar-refractivity contribution is 0.109. The first-order valence-electron chi connectivity index (χ1n) is 10.8. The Morgan fingerprint density at radius 1 is 0.429 bits per heavy atom. The minimum absolute atomic E-state index is 0.750. The van der Waals surface area contributed by atoms with Gasteiger partial charge in [0.25, 0.3) is 0 Å². The fraction of sp³-hybridized carbons (Fsp3) is 1.00. The number of nitrogens with zero attached hydrogens (tertiary/aromatic N) is 1. The van der Waals surface area contributed by atoms with E-state index in [4.69, 9.17) is 14.2 Å². The highest BCUT2D eigenvalue weighted by atomic mass is 16.5. The van der Waals surface area contributed by atoms with Crippen molar-refractivity contribution in [2.45, 2.75) is 0 Å². The van der Waals surface area contributed by atoms with Gasteiger partial charge < -0.3 is 45.7 Å². The summed E-state index contributed by atoms with van der Waals surface area (Å²) in [6.07, 6.45) is 0. The number of ether oxygens (including phenoxy) is 3. The van der Waals surface area contributed by atoms with Gasteiger partial charge in [0, 0.05) is 78.5 Å². The first kappa shape index (κ1) is 25.7. The summed E-state index contributed by atoms with van der Waals surface area (Å²) in [5.41, 5.74) is 0. The lowest BCUT2D eigenvalue weighted by atomic mass is 10.5. The molecule has 2 aliphatic heterocycles. The summed E-state index contributed by atoms with van der Waals surface area (Å²) in [5, 5.41) is 16.5. The van der Waals surface area contributed by atoms with E-state index in [1.807, 2.05) is 0 Å². The van der Waals surface area contributed by atoms with Gasteiger partial charge in [-0.2, -0.15) is 0 Å². The summed E-state index contributed by atoms with van der Waals surface area (Å²) >= 11 is 0. The van der Waals surface area contributed by atoms with Gasteiger partial charge in [-0.15, -0.1) is 0 Å². The standard InChI is InChI=1S/C12H27N3O3.C7H17N3/c1-7-16-9-3-14-5-11-18-12-6-15-4-10-17-8-2-13-1;1-10-6-4-8-2-3-9-5-7-10/h13-15H,1-12H2;8-9H,2-7H2,1H3. The maximum atomic E-state index is 5.46. The summed E-state index contributed by atoms with van der Waals surface area (Å²) in [5.74, 6) is 0. The molecule has 0 aromatic carbocycles. The van der Waals surface area contributed by atoms with E-state index < -0.39 is 0 Å². The average Bonchev–Trinajstić information content (AvgIpc) is 2.82. The average molecular weight is 405 g/mol. The van der Waals surface area contributed by atoms with E-state index in [1.165, 1.54) is 13.1 Å². The zero-order valence-corrected chi connectivity index (χ0v) is 17.9. The lowest BCUT2D eigenvalue weighted by Crippen LogP contribution is -2.30. The van der Waals surface area contributed by atoms with Gasteiger partial charge in [-0.05, 0) is 7.05 Å². The van der Waals surface area contributed by atoms with Crippen molar-refractivity contribution in [3.05, 3.63) is 0 Å². The predicted octanol–water partition coefficient (Wildman–Crippen LogP) is -2.07. The van der Waals surface area contributed by atoms with Crippen LogP contribution in [-0.2, 0) is 14.2 Å². The normalized spacial score (nSPS) is 24.3. The fourth-order valence-corrected chi connectivity index (χ4v) is 2.63. The van der Waals surface area contributed by atoms with Crippen LogP contribution in [0.25, 0.3) is 0 Å². The van der Waals surface area contributed by atoms with Gasteiger partial charge in [0.2, 0.25) is 0 Å². The monoisotopic (exact) mass is 404 g/mol. The molecule has 2 rings (SSSR count). The summed E-state index contributed by atoms with van der Waals surface area (Å²) in [6, 6.07) is 0. The minimum Gasteiger partial charge on any atom is -0.379 e. The third kappa shape index (κ3) is 19.0. The Kier molecular flexibility index (Phi) is 19.6. The molecule has 28 heavy (non-hydrogen) atoms. The Bertz CT molecular complexity index is 230. The van der Waals surface area contributed by atoms with Crippen LogP contribution in [0.1, 0.15) is 0 Å². The molecule has 0 bridgehead atoms. The molecule has 2 fully saturated rings. The van der Waals surface area contributed by atoms with Crippen LogP contribution in [0.2, 0.25) is 0 Å². The SMILES string of the molecule is C1COCCNCCOCCNCCOCCN1.CN1CCNCCNCC1.